The maximum Gasteiger partial charge on any atom is 0.262 e. The van der Waals surface area contributed by atoms with Crippen molar-refractivity contribution in [1.29, 1.82) is 0 Å². The highest BCUT2D eigenvalue weighted by atomic mass is 32.1. The first-order chi connectivity index (χ1) is 10.5. The second-order valence-electron chi connectivity index (χ2n) is 6.50. The number of aromatic nitrogens is 2. The summed E-state index contributed by atoms with van der Waals surface area (Å²) in [4.78, 5) is 22.1. The molecule has 4 nitrogen and oxygen atoms in total. The molecule has 0 amide bonds. The smallest absolute Gasteiger partial charge is 0.262 e. The zero-order valence-corrected chi connectivity index (χ0v) is 14.4. The molecule has 0 saturated carbocycles. The van der Waals surface area contributed by atoms with Crippen molar-refractivity contribution in [2.45, 2.75) is 39.3 Å². The molecule has 2 aromatic rings. The van der Waals surface area contributed by atoms with Gasteiger partial charge in [-0.1, -0.05) is 13.0 Å². The molecule has 1 aliphatic rings. The summed E-state index contributed by atoms with van der Waals surface area (Å²) in [5, 5.41) is 0.858. The quantitative estimate of drug-likeness (QED) is 0.814. The van der Waals surface area contributed by atoms with Gasteiger partial charge in [0.15, 0.2) is 0 Å². The molecule has 0 spiro atoms. The fourth-order valence-corrected chi connectivity index (χ4v) is 4.58. The first-order valence-electron chi connectivity index (χ1n) is 7.80. The third-order valence-corrected chi connectivity index (χ3v) is 5.41. The van der Waals surface area contributed by atoms with Crippen LogP contribution in [0.25, 0.3) is 10.2 Å². The molecule has 1 atom stereocenters. The highest BCUT2D eigenvalue weighted by Gasteiger charge is 2.24. The van der Waals surface area contributed by atoms with Gasteiger partial charge in [-0.05, 0) is 44.8 Å². The molecular formula is C17H23N3OS. The summed E-state index contributed by atoms with van der Waals surface area (Å²) in [6.45, 7) is 7.25. The van der Waals surface area contributed by atoms with E-state index in [-0.39, 0.29) is 5.56 Å². The summed E-state index contributed by atoms with van der Waals surface area (Å²) in [7, 11) is 3.99. The maximum absolute atomic E-state index is 13.0. The van der Waals surface area contributed by atoms with Crippen LogP contribution >= 0.6 is 11.3 Å². The van der Waals surface area contributed by atoms with Crippen molar-refractivity contribution >= 4 is 21.6 Å². The zero-order chi connectivity index (χ0) is 15.9. The van der Waals surface area contributed by atoms with Crippen LogP contribution in [0.1, 0.15) is 29.6 Å². The summed E-state index contributed by atoms with van der Waals surface area (Å²) in [5.74, 6) is 1.53. The fraction of sp³-hybridized carbons (Fsp3) is 0.529. The molecule has 0 N–H and O–H groups in total. The highest BCUT2D eigenvalue weighted by Crippen LogP contribution is 2.35. The van der Waals surface area contributed by atoms with E-state index in [0.717, 1.165) is 28.9 Å². The van der Waals surface area contributed by atoms with Gasteiger partial charge < -0.3 is 4.90 Å². The Hall–Kier alpha value is -1.46. The van der Waals surface area contributed by atoms with Crippen molar-refractivity contribution in [2.75, 3.05) is 14.1 Å². The molecule has 1 unspecified atom stereocenters. The van der Waals surface area contributed by atoms with Gasteiger partial charge in [-0.2, -0.15) is 0 Å². The Morgan fingerprint density at radius 2 is 2.27 bits per heavy atom. The largest absolute Gasteiger partial charge is 0.302 e. The number of hydrogen-bond acceptors (Lipinski definition) is 4. The predicted octanol–water partition coefficient (Wildman–Crippen LogP) is 2.83. The molecule has 5 heteroatoms. The highest BCUT2D eigenvalue weighted by molar-refractivity contribution is 7.18. The Bertz CT molecular complexity index is 772. The predicted molar refractivity (Wildman–Crippen MR) is 92.7 cm³/mol. The molecule has 2 aromatic heterocycles. The second kappa shape index (κ2) is 5.97. The Morgan fingerprint density at radius 3 is 2.95 bits per heavy atom. The van der Waals surface area contributed by atoms with Crippen LogP contribution in [-0.2, 0) is 25.9 Å². The number of aryl methyl sites for hydroxylation is 1. The Labute approximate surface area is 135 Å². The number of thiophene rings is 1. The normalized spacial score (nSPS) is 17.9. The lowest BCUT2D eigenvalue weighted by molar-refractivity contribution is 0.379. The van der Waals surface area contributed by atoms with Gasteiger partial charge in [-0.15, -0.1) is 17.9 Å². The lowest BCUT2D eigenvalue weighted by Crippen LogP contribution is -2.28. The minimum Gasteiger partial charge on any atom is -0.302 e. The molecule has 2 heterocycles. The average molecular weight is 317 g/mol. The molecule has 22 heavy (non-hydrogen) atoms. The molecule has 3 rings (SSSR count). The van der Waals surface area contributed by atoms with Crippen LogP contribution in [0.3, 0.4) is 0 Å². The summed E-state index contributed by atoms with van der Waals surface area (Å²) in [6.07, 6.45) is 5.03. The monoisotopic (exact) mass is 317 g/mol. The van der Waals surface area contributed by atoms with E-state index >= 15 is 0 Å². The Balaban J connectivity index is 2.24. The maximum atomic E-state index is 13.0. The van der Waals surface area contributed by atoms with Crippen molar-refractivity contribution in [3.8, 4) is 0 Å². The van der Waals surface area contributed by atoms with E-state index in [1.54, 1.807) is 22.0 Å². The van der Waals surface area contributed by atoms with Crippen LogP contribution in [0.4, 0.5) is 0 Å². The van der Waals surface area contributed by atoms with Crippen molar-refractivity contribution in [2.24, 2.45) is 5.92 Å². The van der Waals surface area contributed by atoms with E-state index < -0.39 is 0 Å². The van der Waals surface area contributed by atoms with Crippen LogP contribution in [0.15, 0.2) is 17.4 Å². The lowest BCUT2D eigenvalue weighted by atomic mass is 9.89. The zero-order valence-electron chi connectivity index (χ0n) is 13.6. The van der Waals surface area contributed by atoms with E-state index in [1.807, 2.05) is 19.0 Å². The van der Waals surface area contributed by atoms with Gasteiger partial charge in [-0.3, -0.25) is 9.36 Å². The number of rotatable bonds is 4. The summed E-state index contributed by atoms with van der Waals surface area (Å²) < 4.78 is 1.78. The first kappa shape index (κ1) is 15.4. The van der Waals surface area contributed by atoms with Crippen molar-refractivity contribution in [3.63, 3.8) is 0 Å². The second-order valence-corrected chi connectivity index (χ2v) is 7.59. The van der Waals surface area contributed by atoms with Gasteiger partial charge in [0.2, 0.25) is 0 Å². The molecule has 0 fully saturated rings. The average Bonchev–Trinajstić information content (AvgIpc) is 2.79. The molecule has 0 aliphatic heterocycles. The number of nitrogens with zero attached hydrogens (tertiary/aromatic N) is 3. The van der Waals surface area contributed by atoms with Gasteiger partial charge in [0.25, 0.3) is 5.56 Å². The van der Waals surface area contributed by atoms with Gasteiger partial charge in [-0.25, -0.2) is 4.98 Å². The molecule has 0 saturated heterocycles. The number of hydrogen-bond donors (Lipinski definition) is 0. The van der Waals surface area contributed by atoms with E-state index in [2.05, 4.69) is 13.5 Å². The van der Waals surface area contributed by atoms with E-state index in [0.29, 0.717) is 19.0 Å². The molecule has 118 valence electrons. The van der Waals surface area contributed by atoms with Crippen molar-refractivity contribution in [3.05, 3.63) is 39.3 Å². The minimum absolute atomic E-state index is 0.105. The third-order valence-electron chi connectivity index (χ3n) is 4.26. The van der Waals surface area contributed by atoms with Gasteiger partial charge in [0.1, 0.15) is 10.7 Å². The molecule has 0 bridgehead atoms. The standard InChI is InChI=1S/C17H23N3OS/c1-5-8-20-14(10-19(3)4)18-16-15(17(20)21)12-7-6-11(2)9-13(12)22-16/h5,11H,1,6-10H2,2-4H3. The van der Waals surface area contributed by atoms with E-state index in [4.69, 9.17) is 4.98 Å². The van der Waals surface area contributed by atoms with Crippen LogP contribution < -0.4 is 5.56 Å². The lowest BCUT2D eigenvalue weighted by Gasteiger charge is -2.18. The molecule has 0 radical (unpaired) electrons. The first-order valence-corrected chi connectivity index (χ1v) is 8.62. The summed E-state index contributed by atoms with van der Waals surface area (Å²) >= 11 is 1.72. The van der Waals surface area contributed by atoms with Gasteiger partial charge in [0, 0.05) is 11.4 Å². The van der Waals surface area contributed by atoms with Crippen LogP contribution in [0.2, 0.25) is 0 Å². The topological polar surface area (TPSA) is 38.1 Å². The van der Waals surface area contributed by atoms with E-state index in [1.165, 1.54) is 16.9 Å². The third kappa shape index (κ3) is 2.63. The van der Waals surface area contributed by atoms with Crippen molar-refractivity contribution in [1.82, 2.24) is 14.5 Å². The number of fused-ring (bicyclic) bond motifs is 3. The minimum atomic E-state index is 0.105. The molecular weight excluding hydrogens is 294 g/mol. The van der Waals surface area contributed by atoms with Gasteiger partial charge in [0.05, 0.1) is 11.9 Å². The van der Waals surface area contributed by atoms with Crippen LogP contribution in [0, 0.1) is 5.92 Å². The molecule has 0 aromatic carbocycles. The SMILES string of the molecule is C=CCn1c(CN(C)C)nc2sc3c(c2c1=O)CCC(C)C3. The Morgan fingerprint density at radius 1 is 1.50 bits per heavy atom. The summed E-state index contributed by atoms with van der Waals surface area (Å²) in [5.41, 5.74) is 1.36. The molecule has 1 aliphatic carbocycles. The summed E-state index contributed by atoms with van der Waals surface area (Å²) in [6, 6.07) is 0. The fourth-order valence-electron chi connectivity index (χ4n) is 3.19. The van der Waals surface area contributed by atoms with Crippen LogP contribution in [-0.4, -0.2) is 28.5 Å². The van der Waals surface area contributed by atoms with E-state index in [9.17, 15) is 4.79 Å². The van der Waals surface area contributed by atoms with Crippen LogP contribution in [0.5, 0.6) is 0 Å². The van der Waals surface area contributed by atoms with Crippen molar-refractivity contribution < 1.29 is 0 Å². The Kier molecular flexibility index (Phi) is 4.19. The van der Waals surface area contributed by atoms with Gasteiger partial charge >= 0.3 is 0 Å². The number of allylic oxidation sites excluding steroid dienone is 1.